The van der Waals surface area contributed by atoms with Crippen LogP contribution in [0.15, 0.2) is 48.5 Å². The zero-order valence-corrected chi connectivity index (χ0v) is 12.0. The normalized spacial score (nSPS) is 12.5. The largest absolute Gasteiger partial charge is 0.345 e. The summed E-state index contributed by atoms with van der Waals surface area (Å²) in [6.07, 6.45) is 0. The molecule has 0 fully saturated rings. The number of nitrogens with one attached hydrogen (secondary N) is 1. The standard InChI is InChI=1S/C15H13ClN2S/c1-10(16)11-6-2-4-8-13(11)17-15-12-7-3-5-9-14(12)18-19-15/h2-10,17H,1H3. The molecule has 2 nitrogen and oxygen atoms in total. The second kappa shape index (κ2) is 5.19. The number of nitrogens with zero attached hydrogens (tertiary/aromatic N) is 1. The highest BCUT2D eigenvalue weighted by Gasteiger charge is 2.10. The summed E-state index contributed by atoms with van der Waals surface area (Å²) in [6, 6.07) is 16.2. The fourth-order valence-electron chi connectivity index (χ4n) is 2.06. The van der Waals surface area contributed by atoms with Crippen LogP contribution in [0.4, 0.5) is 10.7 Å². The number of halogens is 1. The Labute approximate surface area is 121 Å². The molecule has 96 valence electrons. The number of fused-ring (bicyclic) bond motifs is 1. The lowest BCUT2D eigenvalue weighted by Crippen LogP contribution is -1.95. The third-order valence-electron chi connectivity index (χ3n) is 3.02. The van der Waals surface area contributed by atoms with E-state index in [-0.39, 0.29) is 5.38 Å². The number of rotatable bonds is 3. The molecule has 0 aliphatic rings. The van der Waals surface area contributed by atoms with E-state index in [2.05, 4.69) is 15.8 Å². The van der Waals surface area contributed by atoms with Crippen LogP contribution in [0.3, 0.4) is 0 Å². The fourth-order valence-corrected chi connectivity index (χ4v) is 3.03. The van der Waals surface area contributed by atoms with Crippen molar-refractivity contribution in [1.82, 2.24) is 4.37 Å². The lowest BCUT2D eigenvalue weighted by Gasteiger charge is -2.12. The first kappa shape index (κ1) is 12.5. The molecule has 0 aliphatic heterocycles. The summed E-state index contributed by atoms with van der Waals surface area (Å²) in [5, 5.41) is 5.62. The Morgan fingerprint density at radius 3 is 2.68 bits per heavy atom. The molecular formula is C15H13ClN2S. The highest BCUT2D eigenvalue weighted by atomic mass is 35.5. The van der Waals surface area contributed by atoms with Gasteiger partial charge in [0.15, 0.2) is 0 Å². The summed E-state index contributed by atoms with van der Waals surface area (Å²) in [4.78, 5) is 0. The summed E-state index contributed by atoms with van der Waals surface area (Å²) >= 11 is 7.69. The van der Waals surface area contributed by atoms with Crippen LogP contribution in [0, 0.1) is 0 Å². The van der Waals surface area contributed by atoms with E-state index in [0.29, 0.717) is 0 Å². The molecule has 3 rings (SSSR count). The molecule has 1 atom stereocenters. The average molecular weight is 289 g/mol. The molecule has 0 amide bonds. The van der Waals surface area contributed by atoms with Gasteiger partial charge in [-0.3, -0.25) is 0 Å². The molecule has 0 radical (unpaired) electrons. The summed E-state index contributed by atoms with van der Waals surface area (Å²) < 4.78 is 4.44. The lowest BCUT2D eigenvalue weighted by molar-refractivity contribution is 1.09. The Morgan fingerprint density at radius 2 is 1.84 bits per heavy atom. The van der Waals surface area contributed by atoms with Crippen molar-refractivity contribution in [1.29, 1.82) is 0 Å². The van der Waals surface area contributed by atoms with E-state index in [1.165, 1.54) is 11.5 Å². The van der Waals surface area contributed by atoms with E-state index in [9.17, 15) is 0 Å². The second-order valence-corrected chi connectivity index (χ2v) is 5.79. The Hall–Kier alpha value is -1.58. The van der Waals surface area contributed by atoms with Gasteiger partial charge in [-0.2, -0.15) is 4.37 Å². The number of benzene rings is 2. The fraction of sp³-hybridized carbons (Fsp3) is 0.133. The van der Waals surface area contributed by atoms with Crippen molar-refractivity contribution in [3.8, 4) is 0 Å². The number of para-hydroxylation sites is 1. The van der Waals surface area contributed by atoms with E-state index >= 15 is 0 Å². The Bertz CT molecular complexity index is 706. The maximum atomic E-state index is 6.21. The van der Waals surface area contributed by atoms with Crippen molar-refractivity contribution < 1.29 is 0 Å². The Balaban J connectivity index is 2.02. The van der Waals surface area contributed by atoms with E-state index in [1.54, 1.807) is 0 Å². The molecule has 1 aromatic heterocycles. The second-order valence-electron chi connectivity index (χ2n) is 4.36. The van der Waals surface area contributed by atoms with Crippen LogP contribution >= 0.6 is 23.1 Å². The van der Waals surface area contributed by atoms with Crippen molar-refractivity contribution in [2.45, 2.75) is 12.3 Å². The van der Waals surface area contributed by atoms with Crippen LogP contribution in [0.2, 0.25) is 0 Å². The topological polar surface area (TPSA) is 24.9 Å². The SMILES string of the molecule is CC(Cl)c1ccccc1Nc1snc2ccccc12. The first-order valence-electron chi connectivity index (χ1n) is 6.10. The lowest BCUT2D eigenvalue weighted by atomic mass is 10.1. The maximum Gasteiger partial charge on any atom is 0.121 e. The zero-order valence-electron chi connectivity index (χ0n) is 10.4. The van der Waals surface area contributed by atoms with Gasteiger partial charge in [0.05, 0.1) is 10.9 Å². The molecule has 1 heterocycles. The van der Waals surface area contributed by atoms with Gasteiger partial charge in [0.2, 0.25) is 0 Å². The van der Waals surface area contributed by atoms with Gasteiger partial charge in [-0.1, -0.05) is 30.3 Å². The highest BCUT2D eigenvalue weighted by molar-refractivity contribution is 7.11. The molecule has 0 aliphatic carbocycles. The average Bonchev–Trinajstić information content (AvgIpc) is 2.83. The van der Waals surface area contributed by atoms with Crippen LogP contribution in [0.1, 0.15) is 17.9 Å². The number of hydrogen-bond acceptors (Lipinski definition) is 3. The third-order valence-corrected chi connectivity index (χ3v) is 4.05. The predicted octanol–water partition coefficient (Wildman–Crippen LogP) is 5.34. The van der Waals surface area contributed by atoms with Gasteiger partial charge in [0, 0.05) is 11.1 Å². The number of alkyl halides is 1. The number of aromatic nitrogens is 1. The number of hydrogen-bond donors (Lipinski definition) is 1. The molecular weight excluding hydrogens is 276 g/mol. The van der Waals surface area contributed by atoms with Gasteiger partial charge in [-0.15, -0.1) is 11.6 Å². The van der Waals surface area contributed by atoms with Crippen LogP contribution < -0.4 is 5.32 Å². The third kappa shape index (κ3) is 2.44. The van der Waals surface area contributed by atoms with Gasteiger partial charge in [-0.05, 0) is 42.2 Å². The summed E-state index contributed by atoms with van der Waals surface area (Å²) in [5.41, 5.74) is 3.16. The van der Waals surface area contributed by atoms with Gasteiger partial charge in [0.1, 0.15) is 5.00 Å². The van der Waals surface area contributed by atoms with Crippen LogP contribution in [0.5, 0.6) is 0 Å². The Kier molecular flexibility index (Phi) is 3.40. The quantitative estimate of drug-likeness (QED) is 0.658. The molecule has 0 saturated carbocycles. The molecule has 0 spiro atoms. The van der Waals surface area contributed by atoms with Crippen LogP contribution in [0.25, 0.3) is 10.9 Å². The molecule has 4 heteroatoms. The van der Waals surface area contributed by atoms with Gasteiger partial charge >= 0.3 is 0 Å². The minimum atomic E-state index is -0.0251. The zero-order chi connectivity index (χ0) is 13.2. The predicted molar refractivity (Wildman–Crippen MR) is 83.6 cm³/mol. The van der Waals surface area contributed by atoms with Crippen LogP contribution in [-0.2, 0) is 0 Å². The first-order chi connectivity index (χ1) is 9.25. The molecule has 3 aromatic rings. The molecule has 1 N–H and O–H groups in total. The maximum absolute atomic E-state index is 6.21. The van der Waals surface area contributed by atoms with E-state index in [0.717, 1.165) is 27.2 Å². The van der Waals surface area contributed by atoms with Crippen molar-refractivity contribution in [2.75, 3.05) is 5.32 Å². The summed E-state index contributed by atoms with van der Waals surface area (Å²) in [6.45, 7) is 1.98. The monoisotopic (exact) mass is 288 g/mol. The summed E-state index contributed by atoms with van der Waals surface area (Å²) in [5.74, 6) is 0. The van der Waals surface area contributed by atoms with Gasteiger partial charge in [-0.25, -0.2) is 0 Å². The minimum Gasteiger partial charge on any atom is -0.345 e. The van der Waals surface area contributed by atoms with E-state index in [4.69, 9.17) is 11.6 Å². The molecule has 0 bridgehead atoms. The van der Waals surface area contributed by atoms with Gasteiger partial charge in [0.25, 0.3) is 0 Å². The van der Waals surface area contributed by atoms with E-state index < -0.39 is 0 Å². The van der Waals surface area contributed by atoms with E-state index in [1.807, 2.05) is 49.4 Å². The summed E-state index contributed by atoms with van der Waals surface area (Å²) in [7, 11) is 0. The first-order valence-corrected chi connectivity index (χ1v) is 7.31. The Morgan fingerprint density at radius 1 is 1.11 bits per heavy atom. The number of anilines is 2. The molecule has 1 unspecified atom stereocenters. The van der Waals surface area contributed by atoms with Gasteiger partial charge < -0.3 is 5.32 Å². The van der Waals surface area contributed by atoms with Crippen molar-refractivity contribution >= 4 is 44.7 Å². The molecule has 19 heavy (non-hydrogen) atoms. The molecule has 2 aromatic carbocycles. The highest BCUT2D eigenvalue weighted by Crippen LogP contribution is 2.34. The van der Waals surface area contributed by atoms with Crippen molar-refractivity contribution in [3.05, 3.63) is 54.1 Å². The van der Waals surface area contributed by atoms with Crippen molar-refractivity contribution in [3.63, 3.8) is 0 Å². The van der Waals surface area contributed by atoms with Crippen molar-refractivity contribution in [2.24, 2.45) is 0 Å². The molecule has 0 saturated heterocycles. The van der Waals surface area contributed by atoms with Crippen LogP contribution in [-0.4, -0.2) is 4.37 Å². The minimum absolute atomic E-state index is 0.0251. The smallest absolute Gasteiger partial charge is 0.121 e.